The first-order valence-electron chi connectivity index (χ1n) is 7.11. The molecule has 3 aromatic rings. The van der Waals surface area contributed by atoms with Crippen LogP contribution in [0.4, 0.5) is 5.69 Å². The van der Waals surface area contributed by atoms with Crippen molar-refractivity contribution >= 4 is 58.6 Å². The molecule has 0 unspecified atom stereocenters. The summed E-state index contributed by atoms with van der Waals surface area (Å²) in [6.07, 6.45) is 1.03. The van der Waals surface area contributed by atoms with Gasteiger partial charge in [-0.2, -0.15) is 0 Å². The van der Waals surface area contributed by atoms with E-state index in [1.54, 1.807) is 37.3 Å². The molecule has 0 spiro atoms. The maximum atomic E-state index is 12.8. The third-order valence-electron chi connectivity index (χ3n) is 3.63. The van der Waals surface area contributed by atoms with E-state index < -0.39 is 19.9 Å². The van der Waals surface area contributed by atoms with Crippen LogP contribution in [0.2, 0.25) is 5.02 Å². The molecule has 5 nitrogen and oxygen atoms in total. The summed E-state index contributed by atoms with van der Waals surface area (Å²) in [6.45, 7) is 1.68. The van der Waals surface area contributed by atoms with Crippen LogP contribution in [0.3, 0.4) is 0 Å². The number of anilines is 1. The van der Waals surface area contributed by atoms with Crippen molar-refractivity contribution in [3.05, 3.63) is 53.1 Å². The molecule has 0 atom stereocenters. The van der Waals surface area contributed by atoms with Gasteiger partial charge < -0.3 is 0 Å². The predicted octanol–water partition coefficient (Wildman–Crippen LogP) is 4.07. The first-order chi connectivity index (χ1) is 11.6. The molecule has 0 radical (unpaired) electrons. The highest BCUT2D eigenvalue weighted by atomic mass is 35.5. The Morgan fingerprint density at radius 1 is 1.00 bits per heavy atom. The molecule has 0 saturated carbocycles. The van der Waals surface area contributed by atoms with E-state index in [1.165, 1.54) is 12.1 Å². The summed E-state index contributed by atoms with van der Waals surface area (Å²) in [4.78, 5) is -0.0737. The Morgan fingerprint density at radius 3 is 2.32 bits per heavy atom. The number of nitrogens with one attached hydrogen (secondary N) is 1. The number of sulfonamides is 1. The van der Waals surface area contributed by atoms with E-state index in [1.807, 2.05) is 0 Å². The second-order valence-corrected chi connectivity index (χ2v) is 10.8. The summed E-state index contributed by atoms with van der Waals surface area (Å²) >= 11 is 7.28. The van der Waals surface area contributed by atoms with Gasteiger partial charge >= 0.3 is 0 Å². The molecule has 0 aliphatic heterocycles. The average Bonchev–Trinajstić information content (AvgIpc) is 2.85. The molecule has 25 heavy (non-hydrogen) atoms. The highest BCUT2D eigenvalue weighted by molar-refractivity contribution is 7.95. The van der Waals surface area contributed by atoms with E-state index in [4.69, 9.17) is 11.6 Å². The fraction of sp³-hybridized carbons (Fsp3) is 0.125. The monoisotopic (exact) mass is 415 g/mol. The zero-order chi connectivity index (χ0) is 18.4. The average molecular weight is 416 g/mol. The Bertz CT molecular complexity index is 1180. The van der Waals surface area contributed by atoms with Gasteiger partial charge in [0.15, 0.2) is 9.84 Å². The van der Waals surface area contributed by atoms with Gasteiger partial charge in [-0.1, -0.05) is 29.8 Å². The topological polar surface area (TPSA) is 80.3 Å². The van der Waals surface area contributed by atoms with E-state index in [0.29, 0.717) is 16.0 Å². The van der Waals surface area contributed by atoms with Gasteiger partial charge in [0, 0.05) is 21.4 Å². The van der Waals surface area contributed by atoms with Crippen LogP contribution in [-0.4, -0.2) is 23.1 Å². The van der Waals surface area contributed by atoms with E-state index >= 15 is 0 Å². The van der Waals surface area contributed by atoms with Crippen molar-refractivity contribution in [1.29, 1.82) is 0 Å². The van der Waals surface area contributed by atoms with E-state index in [2.05, 4.69) is 4.72 Å². The number of rotatable bonds is 4. The van der Waals surface area contributed by atoms with Gasteiger partial charge in [0.25, 0.3) is 10.0 Å². The molecule has 1 heterocycles. The summed E-state index contributed by atoms with van der Waals surface area (Å²) < 4.78 is 52.7. The Labute approximate surface area is 155 Å². The molecule has 0 aliphatic rings. The lowest BCUT2D eigenvalue weighted by Crippen LogP contribution is -2.15. The smallest absolute Gasteiger partial charge is 0.271 e. The summed E-state index contributed by atoms with van der Waals surface area (Å²) in [5.41, 5.74) is 0.558. The van der Waals surface area contributed by atoms with Crippen molar-refractivity contribution < 1.29 is 16.8 Å². The zero-order valence-corrected chi connectivity index (χ0v) is 16.5. The highest BCUT2D eigenvalue weighted by Crippen LogP contribution is 2.38. The number of sulfone groups is 1. The predicted molar refractivity (Wildman–Crippen MR) is 102 cm³/mol. The van der Waals surface area contributed by atoms with E-state index in [9.17, 15) is 16.8 Å². The molecule has 2 aromatic carbocycles. The van der Waals surface area contributed by atoms with Crippen molar-refractivity contribution in [2.45, 2.75) is 16.0 Å². The first kappa shape index (κ1) is 18.2. The minimum absolute atomic E-state index is 0.0213. The molecule has 132 valence electrons. The van der Waals surface area contributed by atoms with Gasteiger partial charge in [-0.05, 0) is 36.8 Å². The van der Waals surface area contributed by atoms with Crippen LogP contribution in [0.5, 0.6) is 0 Å². The zero-order valence-electron chi connectivity index (χ0n) is 13.3. The minimum atomic E-state index is -3.96. The van der Waals surface area contributed by atoms with Crippen molar-refractivity contribution in [2.75, 3.05) is 11.0 Å². The number of halogens is 1. The van der Waals surface area contributed by atoms with Gasteiger partial charge in [-0.15, -0.1) is 11.3 Å². The Morgan fingerprint density at radius 2 is 1.68 bits per heavy atom. The lowest BCUT2D eigenvalue weighted by molar-refractivity contribution is 0.602. The molecule has 1 aromatic heterocycles. The van der Waals surface area contributed by atoms with Gasteiger partial charge in [-0.3, -0.25) is 4.72 Å². The van der Waals surface area contributed by atoms with Crippen molar-refractivity contribution in [3.63, 3.8) is 0 Å². The molecule has 0 fully saturated rings. The molecule has 9 heteroatoms. The number of thiophene rings is 1. The fourth-order valence-electron chi connectivity index (χ4n) is 2.55. The molecular formula is C16H14ClNO4S3. The quantitative estimate of drug-likeness (QED) is 0.696. The third-order valence-corrected chi connectivity index (χ3v) is 8.35. The van der Waals surface area contributed by atoms with Crippen molar-refractivity contribution in [2.24, 2.45) is 0 Å². The second kappa shape index (κ2) is 6.28. The number of benzene rings is 2. The molecule has 0 saturated heterocycles. The number of para-hydroxylation sites is 1. The van der Waals surface area contributed by atoms with E-state index in [0.717, 1.165) is 22.3 Å². The van der Waals surface area contributed by atoms with Crippen LogP contribution >= 0.6 is 22.9 Å². The second-order valence-electron chi connectivity index (χ2n) is 5.50. The van der Waals surface area contributed by atoms with Crippen LogP contribution in [0.1, 0.15) is 5.56 Å². The third kappa shape index (κ3) is 3.39. The standard InChI is InChI=1S/C16H14ClNO4S3/c1-10-15-11(17)6-5-8-13(15)23-16(10)25(21,22)18-12-7-3-4-9-14(12)24(2,19)20/h3-9,18H,1-2H3. The summed E-state index contributed by atoms with van der Waals surface area (Å²) in [5.74, 6) is 0. The Hall–Kier alpha value is -1.61. The summed E-state index contributed by atoms with van der Waals surface area (Å²) in [5, 5.41) is 1.16. The SMILES string of the molecule is Cc1c(S(=O)(=O)Nc2ccccc2S(C)(=O)=O)sc2cccc(Cl)c12. The van der Waals surface area contributed by atoms with Crippen LogP contribution in [0.25, 0.3) is 10.1 Å². The van der Waals surface area contributed by atoms with Gasteiger partial charge in [-0.25, -0.2) is 16.8 Å². The number of hydrogen-bond acceptors (Lipinski definition) is 5. The van der Waals surface area contributed by atoms with Crippen molar-refractivity contribution in [3.8, 4) is 0 Å². The maximum absolute atomic E-state index is 12.8. The lowest BCUT2D eigenvalue weighted by Gasteiger charge is -2.11. The fourth-order valence-corrected chi connectivity index (χ4v) is 6.70. The van der Waals surface area contributed by atoms with Crippen LogP contribution in [0, 0.1) is 6.92 Å². The van der Waals surface area contributed by atoms with Gasteiger partial charge in [0.2, 0.25) is 0 Å². The van der Waals surface area contributed by atoms with E-state index in [-0.39, 0.29) is 14.8 Å². The van der Waals surface area contributed by atoms with Gasteiger partial charge in [0.05, 0.1) is 10.6 Å². The maximum Gasteiger partial charge on any atom is 0.271 e. The molecule has 0 bridgehead atoms. The summed E-state index contributed by atoms with van der Waals surface area (Å²) in [6, 6.07) is 11.1. The number of aryl methyl sites for hydroxylation is 1. The number of fused-ring (bicyclic) bond motifs is 1. The lowest BCUT2D eigenvalue weighted by atomic mass is 10.2. The van der Waals surface area contributed by atoms with Crippen molar-refractivity contribution in [1.82, 2.24) is 0 Å². The van der Waals surface area contributed by atoms with Crippen LogP contribution in [-0.2, 0) is 19.9 Å². The Kier molecular flexibility index (Phi) is 4.57. The Balaban J connectivity index is 2.14. The molecule has 0 aliphatic carbocycles. The minimum Gasteiger partial charge on any atom is -0.278 e. The first-order valence-corrected chi connectivity index (χ1v) is 11.7. The number of hydrogen-bond donors (Lipinski definition) is 1. The molecular weight excluding hydrogens is 402 g/mol. The van der Waals surface area contributed by atoms with Gasteiger partial charge in [0.1, 0.15) is 4.21 Å². The normalized spacial score (nSPS) is 12.4. The van der Waals surface area contributed by atoms with Crippen LogP contribution < -0.4 is 4.72 Å². The molecule has 3 rings (SSSR count). The molecule has 0 amide bonds. The highest BCUT2D eigenvalue weighted by Gasteiger charge is 2.25. The summed E-state index contributed by atoms with van der Waals surface area (Å²) in [7, 11) is -7.53. The molecule has 1 N–H and O–H groups in total. The van der Waals surface area contributed by atoms with Crippen LogP contribution in [0.15, 0.2) is 51.6 Å². The largest absolute Gasteiger partial charge is 0.278 e.